The van der Waals surface area contributed by atoms with Crippen molar-refractivity contribution in [1.29, 1.82) is 0 Å². The van der Waals surface area contributed by atoms with Crippen LogP contribution in [-0.2, 0) is 0 Å². The van der Waals surface area contributed by atoms with Crippen LogP contribution in [0.4, 0.5) is 0 Å². The van der Waals surface area contributed by atoms with E-state index in [0.29, 0.717) is 0 Å². The van der Waals surface area contributed by atoms with E-state index in [1.807, 2.05) is 20.8 Å². The molecule has 1 heterocycles. The smallest absolute Gasteiger partial charge is 0.131 e. The first kappa shape index (κ1) is 12.7. The van der Waals surface area contributed by atoms with Crippen molar-refractivity contribution in [2.24, 2.45) is 0 Å². The third kappa shape index (κ3) is 2.87. The SMILES string of the molecule is C=C(CC)c1conc1C(=C)C.CC. The van der Waals surface area contributed by atoms with Crippen LogP contribution >= 0.6 is 0 Å². The lowest BCUT2D eigenvalue weighted by atomic mass is 10.0. The van der Waals surface area contributed by atoms with Crippen LogP contribution in [0.2, 0.25) is 0 Å². The summed E-state index contributed by atoms with van der Waals surface area (Å²) in [5, 5.41) is 3.85. The minimum absolute atomic E-state index is 0.821. The van der Waals surface area contributed by atoms with Gasteiger partial charge in [-0.15, -0.1) is 0 Å². The summed E-state index contributed by atoms with van der Waals surface area (Å²) in [5.74, 6) is 0. The van der Waals surface area contributed by atoms with E-state index in [1.54, 1.807) is 6.26 Å². The van der Waals surface area contributed by atoms with Crippen LogP contribution < -0.4 is 0 Å². The summed E-state index contributed by atoms with van der Waals surface area (Å²) >= 11 is 0. The van der Waals surface area contributed by atoms with Gasteiger partial charge in [0.1, 0.15) is 12.0 Å². The normalized spacial score (nSPS) is 8.86. The van der Waals surface area contributed by atoms with Crippen molar-refractivity contribution in [1.82, 2.24) is 5.16 Å². The topological polar surface area (TPSA) is 26.0 Å². The van der Waals surface area contributed by atoms with Gasteiger partial charge < -0.3 is 4.52 Å². The summed E-state index contributed by atoms with van der Waals surface area (Å²) in [5.41, 5.74) is 3.74. The van der Waals surface area contributed by atoms with Gasteiger partial charge in [0.25, 0.3) is 0 Å². The lowest BCUT2D eigenvalue weighted by molar-refractivity contribution is 0.417. The van der Waals surface area contributed by atoms with Crippen LogP contribution in [0.1, 0.15) is 45.4 Å². The molecule has 78 valence electrons. The maximum absolute atomic E-state index is 4.86. The largest absolute Gasteiger partial charge is 0.363 e. The van der Waals surface area contributed by atoms with E-state index in [2.05, 4.69) is 25.2 Å². The van der Waals surface area contributed by atoms with Crippen molar-refractivity contribution in [3.63, 3.8) is 0 Å². The highest BCUT2D eigenvalue weighted by atomic mass is 16.5. The molecule has 2 heteroatoms. The Balaban J connectivity index is 0.000000791. The number of hydrogen-bond acceptors (Lipinski definition) is 2. The average Bonchev–Trinajstić information content (AvgIpc) is 2.68. The standard InChI is InChI=1S/C10H13NO.C2H6/c1-5-8(4)9-6-12-11-10(9)7(2)3;1-2/h6H,2,4-5H2,1,3H3;1-2H3. The Morgan fingerprint density at radius 2 is 2.00 bits per heavy atom. The van der Waals surface area contributed by atoms with Gasteiger partial charge in [0.05, 0.1) is 0 Å². The predicted molar refractivity (Wildman–Crippen MR) is 61.9 cm³/mol. The summed E-state index contributed by atoms with van der Waals surface area (Å²) in [4.78, 5) is 0. The van der Waals surface area contributed by atoms with Crippen molar-refractivity contribution in [3.05, 3.63) is 30.7 Å². The number of aromatic nitrogens is 1. The molecule has 0 atom stereocenters. The van der Waals surface area contributed by atoms with Crippen molar-refractivity contribution < 1.29 is 4.52 Å². The Labute approximate surface area is 86.3 Å². The van der Waals surface area contributed by atoms with Gasteiger partial charge in [-0.05, 0) is 24.5 Å². The molecule has 0 aliphatic carbocycles. The van der Waals surface area contributed by atoms with Gasteiger partial charge in [-0.3, -0.25) is 0 Å². The maximum Gasteiger partial charge on any atom is 0.131 e. The lowest BCUT2D eigenvalue weighted by Crippen LogP contribution is -1.85. The van der Waals surface area contributed by atoms with Crippen LogP contribution in [0.3, 0.4) is 0 Å². The highest BCUT2D eigenvalue weighted by Crippen LogP contribution is 2.23. The third-order valence-electron chi connectivity index (χ3n) is 1.78. The first-order valence-electron chi connectivity index (χ1n) is 4.95. The van der Waals surface area contributed by atoms with Crippen LogP contribution in [0, 0.1) is 0 Å². The fourth-order valence-corrected chi connectivity index (χ4v) is 0.986. The Kier molecular flexibility index (Phi) is 5.61. The molecule has 0 saturated carbocycles. The van der Waals surface area contributed by atoms with Gasteiger partial charge in [0.2, 0.25) is 0 Å². The van der Waals surface area contributed by atoms with Gasteiger partial charge in [-0.1, -0.05) is 39.1 Å². The molecule has 0 aliphatic rings. The van der Waals surface area contributed by atoms with E-state index < -0.39 is 0 Å². The first-order chi connectivity index (χ1) is 6.66. The Hall–Kier alpha value is -1.31. The molecule has 0 unspecified atom stereocenters. The molecule has 2 nitrogen and oxygen atoms in total. The van der Waals surface area contributed by atoms with E-state index in [0.717, 1.165) is 28.8 Å². The molecule has 0 aliphatic heterocycles. The predicted octanol–water partition coefficient (Wildman–Crippen LogP) is 4.16. The van der Waals surface area contributed by atoms with Crippen LogP contribution in [-0.4, -0.2) is 5.16 Å². The Morgan fingerprint density at radius 1 is 1.43 bits per heavy atom. The van der Waals surface area contributed by atoms with Gasteiger partial charge >= 0.3 is 0 Å². The summed E-state index contributed by atoms with van der Waals surface area (Å²) in [7, 11) is 0. The molecule has 1 rings (SSSR count). The molecule has 0 aromatic carbocycles. The van der Waals surface area contributed by atoms with Crippen molar-refractivity contribution in [3.8, 4) is 0 Å². The summed E-state index contributed by atoms with van der Waals surface area (Å²) in [6.45, 7) is 15.7. The molecule has 14 heavy (non-hydrogen) atoms. The van der Waals surface area contributed by atoms with Crippen LogP contribution in [0.15, 0.2) is 23.9 Å². The molecule has 0 bridgehead atoms. The molecular formula is C12H19NO. The number of hydrogen-bond donors (Lipinski definition) is 0. The van der Waals surface area contributed by atoms with Crippen molar-refractivity contribution in [2.75, 3.05) is 0 Å². The lowest BCUT2D eigenvalue weighted by Gasteiger charge is -1.99. The monoisotopic (exact) mass is 193 g/mol. The van der Waals surface area contributed by atoms with Crippen LogP contribution in [0.5, 0.6) is 0 Å². The highest BCUT2D eigenvalue weighted by molar-refractivity contribution is 5.74. The van der Waals surface area contributed by atoms with E-state index in [1.165, 1.54) is 0 Å². The summed E-state index contributed by atoms with van der Waals surface area (Å²) in [6.07, 6.45) is 2.53. The van der Waals surface area contributed by atoms with Gasteiger partial charge in [0, 0.05) is 5.56 Å². The second-order valence-corrected chi connectivity index (χ2v) is 2.81. The van der Waals surface area contributed by atoms with Crippen molar-refractivity contribution in [2.45, 2.75) is 34.1 Å². The molecule has 0 fully saturated rings. The van der Waals surface area contributed by atoms with Gasteiger partial charge in [-0.25, -0.2) is 0 Å². The number of nitrogens with zero attached hydrogens (tertiary/aromatic N) is 1. The molecule has 0 radical (unpaired) electrons. The fraction of sp³-hybridized carbons (Fsp3) is 0.417. The fourth-order valence-electron chi connectivity index (χ4n) is 0.986. The molecule has 0 saturated heterocycles. The molecule has 0 N–H and O–H groups in total. The van der Waals surface area contributed by atoms with Crippen LogP contribution in [0.25, 0.3) is 11.1 Å². The van der Waals surface area contributed by atoms with E-state index in [4.69, 9.17) is 4.52 Å². The zero-order valence-corrected chi connectivity index (χ0v) is 9.55. The third-order valence-corrected chi connectivity index (χ3v) is 1.78. The number of allylic oxidation sites excluding steroid dienone is 2. The zero-order chi connectivity index (χ0) is 11.1. The highest BCUT2D eigenvalue weighted by Gasteiger charge is 2.09. The quantitative estimate of drug-likeness (QED) is 0.720. The Morgan fingerprint density at radius 3 is 2.43 bits per heavy atom. The second-order valence-electron chi connectivity index (χ2n) is 2.81. The molecule has 0 spiro atoms. The molecule has 0 amide bonds. The summed E-state index contributed by atoms with van der Waals surface area (Å²) in [6, 6.07) is 0. The number of rotatable bonds is 3. The first-order valence-corrected chi connectivity index (χ1v) is 4.95. The van der Waals surface area contributed by atoms with Crippen molar-refractivity contribution >= 4 is 11.1 Å². The minimum Gasteiger partial charge on any atom is -0.363 e. The molecule has 1 aromatic rings. The van der Waals surface area contributed by atoms with Gasteiger partial charge in [-0.2, -0.15) is 0 Å². The van der Waals surface area contributed by atoms with E-state index in [-0.39, 0.29) is 0 Å². The molecular weight excluding hydrogens is 174 g/mol. The average molecular weight is 193 g/mol. The molecule has 1 aromatic heterocycles. The second kappa shape index (κ2) is 6.19. The van der Waals surface area contributed by atoms with Gasteiger partial charge in [0.15, 0.2) is 0 Å². The zero-order valence-electron chi connectivity index (χ0n) is 9.55. The van der Waals surface area contributed by atoms with E-state index >= 15 is 0 Å². The Bertz CT molecular complexity index is 310. The minimum atomic E-state index is 0.821. The summed E-state index contributed by atoms with van der Waals surface area (Å²) < 4.78 is 4.86. The maximum atomic E-state index is 4.86. The van der Waals surface area contributed by atoms with E-state index in [9.17, 15) is 0 Å².